The highest BCUT2D eigenvalue weighted by atomic mass is 35.5. The number of nitrogens with zero attached hydrogens (tertiary/aromatic N) is 2. The Labute approximate surface area is 104 Å². The molecule has 0 unspecified atom stereocenters. The molecule has 0 fully saturated rings. The average Bonchev–Trinajstić information content (AvgIpc) is 2.29. The predicted molar refractivity (Wildman–Crippen MR) is 66.6 cm³/mol. The average molecular weight is 251 g/mol. The van der Waals surface area contributed by atoms with Gasteiger partial charge >= 0.3 is 0 Å². The van der Waals surface area contributed by atoms with Crippen LogP contribution in [0.3, 0.4) is 0 Å². The van der Waals surface area contributed by atoms with E-state index in [0.29, 0.717) is 5.82 Å². The van der Waals surface area contributed by atoms with Gasteiger partial charge in [0.25, 0.3) is 0 Å². The molecule has 1 heterocycles. The van der Waals surface area contributed by atoms with Gasteiger partial charge in [0.2, 0.25) is 0 Å². The lowest BCUT2D eigenvalue weighted by molar-refractivity contribution is 0.603. The molecule has 1 aromatic heterocycles. The van der Waals surface area contributed by atoms with Crippen LogP contribution >= 0.6 is 11.6 Å². The molecule has 0 aliphatic heterocycles. The van der Waals surface area contributed by atoms with Crippen molar-refractivity contribution in [3.05, 3.63) is 46.0 Å². The standard InChI is InChI=1S/C13H12ClFN2/c1-7-5-4-6-10(8(7)2)13-16-9(3)11(15)12(14)17-13/h4-6H,1-3H3. The third-order valence-corrected chi connectivity index (χ3v) is 3.07. The van der Waals surface area contributed by atoms with Crippen LogP contribution in [0, 0.1) is 26.6 Å². The van der Waals surface area contributed by atoms with Crippen molar-refractivity contribution in [1.82, 2.24) is 9.97 Å². The Kier molecular flexibility index (Phi) is 3.11. The van der Waals surface area contributed by atoms with Gasteiger partial charge in [-0.15, -0.1) is 0 Å². The summed E-state index contributed by atoms with van der Waals surface area (Å²) in [6.45, 7) is 5.58. The zero-order chi connectivity index (χ0) is 12.6. The van der Waals surface area contributed by atoms with E-state index < -0.39 is 5.82 Å². The fourth-order valence-corrected chi connectivity index (χ4v) is 1.85. The van der Waals surface area contributed by atoms with E-state index >= 15 is 0 Å². The first-order valence-corrected chi connectivity index (χ1v) is 5.64. The van der Waals surface area contributed by atoms with Crippen molar-refractivity contribution >= 4 is 11.6 Å². The fraction of sp³-hybridized carbons (Fsp3) is 0.231. The Balaban J connectivity index is 2.65. The zero-order valence-electron chi connectivity index (χ0n) is 9.88. The Bertz CT molecular complexity index is 559. The molecule has 0 radical (unpaired) electrons. The van der Waals surface area contributed by atoms with Crippen LogP contribution in [0.5, 0.6) is 0 Å². The number of hydrogen-bond donors (Lipinski definition) is 0. The van der Waals surface area contributed by atoms with Gasteiger partial charge in [0.1, 0.15) is 0 Å². The van der Waals surface area contributed by atoms with Gasteiger partial charge in [-0.25, -0.2) is 14.4 Å². The van der Waals surface area contributed by atoms with Gasteiger partial charge in [-0.2, -0.15) is 0 Å². The summed E-state index contributed by atoms with van der Waals surface area (Å²) in [7, 11) is 0. The minimum absolute atomic E-state index is 0.131. The molecule has 0 spiro atoms. The normalized spacial score (nSPS) is 10.6. The van der Waals surface area contributed by atoms with Crippen molar-refractivity contribution in [2.24, 2.45) is 0 Å². The third kappa shape index (κ3) is 2.15. The van der Waals surface area contributed by atoms with E-state index in [0.717, 1.165) is 16.7 Å². The predicted octanol–water partition coefficient (Wildman–Crippen LogP) is 3.86. The molecule has 0 amide bonds. The molecule has 0 aliphatic rings. The molecule has 0 atom stereocenters. The molecule has 17 heavy (non-hydrogen) atoms. The minimum atomic E-state index is -0.555. The highest BCUT2D eigenvalue weighted by Crippen LogP contribution is 2.25. The molecular weight excluding hydrogens is 239 g/mol. The lowest BCUT2D eigenvalue weighted by Gasteiger charge is -2.08. The summed E-state index contributed by atoms with van der Waals surface area (Å²) in [4.78, 5) is 8.12. The molecule has 2 aromatic rings. The van der Waals surface area contributed by atoms with E-state index in [1.807, 2.05) is 32.0 Å². The molecule has 1 aromatic carbocycles. The van der Waals surface area contributed by atoms with Gasteiger partial charge in [0, 0.05) is 5.56 Å². The van der Waals surface area contributed by atoms with E-state index in [2.05, 4.69) is 9.97 Å². The van der Waals surface area contributed by atoms with Crippen molar-refractivity contribution in [3.8, 4) is 11.4 Å². The van der Waals surface area contributed by atoms with Crippen LogP contribution in [0.15, 0.2) is 18.2 Å². The maximum absolute atomic E-state index is 13.3. The first-order chi connectivity index (χ1) is 8.00. The quantitative estimate of drug-likeness (QED) is 0.718. The molecular formula is C13H12ClFN2. The second-order valence-corrected chi connectivity index (χ2v) is 4.34. The van der Waals surface area contributed by atoms with Gasteiger partial charge < -0.3 is 0 Å². The molecule has 2 nitrogen and oxygen atoms in total. The van der Waals surface area contributed by atoms with Crippen LogP contribution < -0.4 is 0 Å². The Hall–Kier alpha value is -1.48. The highest BCUT2D eigenvalue weighted by Gasteiger charge is 2.12. The molecule has 0 bridgehead atoms. The van der Waals surface area contributed by atoms with E-state index in [1.54, 1.807) is 6.92 Å². The van der Waals surface area contributed by atoms with Crippen molar-refractivity contribution in [3.63, 3.8) is 0 Å². The molecule has 0 saturated carbocycles. The van der Waals surface area contributed by atoms with Gasteiger partial charge in [0.05, 0.1) is 5.69 Å². The van der Waals surface area contributed by atoms with Crippen LogP contribution in [0.1, 0.15) is 16.8 Å². The summed E-state index contributed by atoms with van der Waals surface area (Å²) in [6, 6.07) is 5.84. The SMILES string of the molecule is Cc1cccc(-c2nc(C)c(F)c(Cl)n2)c1C. The van der Waals surface area contributed by atoms with Crippen LogP contribution in [0.4, 0.5) is 4.39 Å². The smallest absolute Gasteiger partial charge is 0.181 e. The topological polar surface area (TPSA) is 25.8 Å². The second kappa shape index (κ2) is 4.41. The Morgan fingerprint density at radius 1 is 1.12 bits per heavy atom. The summed E-state index contributed by atoms with van der Waals surface area (Å²) in [5.74, 6) is -0.0872. The van der Waals surface area contributed by atoms with Crippen LogP contribution in [0.25, 0.3) is 11.4 Å². The lowest BCUT2D eigenvalue weighted by atomic mass is 10.0. The van der Waals surface area contributed by atoms with Crippen LogP contribution in [-0.2, 0) is 0 Å². The number of rotatable bonds is 1. The summed E-state index contributed by atoms with van der Waals surface area (Å²) >= 11 is 5.74. The molecule has 4 heteroatoms. The number of hydrogen-bond acceptors (Lipinski definition) is 2. The van der Waals surface area contributed by atoms with Crippen molar-refractivity contribution < 1.29 is 4.39 Å². The molecule has 0 saturated heterocycles. The molecule has 88 valence electrons. The summed E-state index contributed by atoms with van der Waals surface area (Å²) in [5.41, 5.74) is 3.37. The Morgan fingerprint density at radius 2 is 1.82 bits per heavy atom. The van der Waals surface area contributed by atoms with Crippen LogP contribution in [-0.4, -0.2) is 9.97 Å². The summed E-state index contributed by atoms with van der Waals surface area (Å²) < 4.78 is 13.3. The Morgan fingerprint density at radius 3 is 2.47 bits per heavy atom. The van der Waals surface area contributed by atoms with E-state index in [4.69, 9.17) is 11.6 Å². The number of benzene rings is 1. The van der Waals surface area contributed by atoms with Gasteiger partial charge in [-0.3, -0.25) is 0 Å². The van der Waals surface area contributed by atoms with E-state index in [1.165, 1.54) is 0 Å². The number of aromatic nitrogens is 2. The van der Waals surface area contributed by atoms with Gasteiger partial charge in [0.15, 0.2) is 16.8 Å². The summed E-state index contributed by atoms with van der Waals surface area (Å²) in [5, 5.41) is -0.131. The minimum Gasteiger partial charge on any atom is -0.230 e. The van der Waals surface area contributed by atoms with Crippen LogP contribution in [0.2, 0.25) is 5.15 Å². The first-order valence-electron chi connectivity index (χ1n) is 5.27. The summed E-state index contributed by atoms with van der Waals surface area (Å²) in [6.07, 6.45) is 0. The lowest BCUT2D eigenvalue weighted by Crippen LogP contribution is -1.99. The van der Waals surface area contributed by atoms with E-state index in [9.17, 15) is 4.39 Å². The van der Waals surface area contributed by atoms with Crippen molar-refractivity contribution in [2.75, 3.05) is 0 Å². The maximum Gasteiger partial charge on any atom is 0.181 e. The first kappa shape index (κ1) is 12.0. The van der Waals surface area contributed by atoms with Crippen molar-refractivity contribution in [1.29, 1.82) is 0 Å². The zero-order valence-corrected chi connectivity index (χ0v) is 10.6. The number of halogens is 2. The van der Waals surface area contributed by atoms with Crippen molar-refractivity contribution in [2.45, 2.75) is 20.8 Å². The molecule has 2 rings (SSSR count). The monoisotopic (exact) mass is 250 g/mol. The maximum atomic E-state index is 13.3. The van der Waals surface area contributed by atoms with Gasteiger partial charge in [-0.05, 0) is 31.9 Å². The second-order valence-electron chi connectivity index (χ2n) is 3.98. The van der Waals surface area contributed by atoms with E-state index in [-0.39, 0.29) is 10.8 Å². The highest BCUT2D eigenvalue weighted by molar-refractivity contribution is 6.29. The van der Waals surface area contributed by atoms with Gasteiger partial charge in [-0.1, -0.05) is 29.8 Å². The molecule has 0 N–H and O–H groups in total. The number of aryl methyl sites for hydroxylation is 2. The third-order valence-electron chi connectivity index (χ3n) is 2.82. The molecule has 0 aliphatic carbocycles. The fourth-order valence-electron chi connectivity index (χ4n) is 1.64. The largest absolute Gasteiger partial charge is 0.230 e.